The number of amides is 2. The Morgan fingerprint density at radius 3 is 2.56 bits per heavy atom. The van der Waals surface area contributed by atoms with E-state index in [1.807, 2.05) is 18.2 Å². The first kappa shape index (κ1) is 19.0. The number of nitrogens with zero attached hydrogens (tertiary/aromatic N) is 3. The zero-order valence-electron chi connectivity index (χ0n) is 15.0. The van der Waals surface area contributed by atoms with Gasteiger partial charge in [0.2, 0.25) is 0 Å². The monoisotopic (exact) mass is 388 g/mol. The highest BCUT2D eigenvalue weighted by Gasteiger charge is 2.25. The second-order valence-corrected chi connectivity index (χ2v) is 6.42. The van der Waals surface area contributed by atoms with E-state index in [9.17, 15) is 9.59 Å². The van der Waals surface area contributed by atoms with E-state index in [2.05, 4.69) is 10.3 Å². The standard InChI is InChI=1S/C19H21ClN4O3/c1-2-27-19(26)24-11-9-23(10-12-24)18(25)14-7-8-21-17(13-14)22-16-6-4-3-5-15(16)20/h3-8,13H,2,9-12H2,1H3,(H,21,22). The Kier molecular flexibility index (Phi) is 6.13. The molecule has 27 heavy (non-hydrogen) atoms. The molecule has 8 heteroatoms. The maximum absolute atomic E-state index is 12.8. The van der Waals surface area contributed by atoms with Gasteiger partial charge in [-0.05, 0) is 31.2 Å². The number of halogens is 1. The molecule has 0 saturated carbocycles. The van der Waals surface area contributed by atoms with Crippen LogP contribution in [0.25, 0.3) is 0 Å². The Hall–Kier alpha value is -2.80. The van der Waals surface area contributed by atoms with Gasteiger partial charge in [-0.2, -0.15) is 0 Å². The molecule has 1 saturated heterocycles. The lowest BCUT2D eigenvalue weighted by molar-refractivity contribution is 0.0570. The van der Waals surface area contributed by atoms with Gasteiger partial charge >= 0.3 is 6.09 Å². The Balaban J connectivity index is 1.64. The van der Waals surface area contributed by atoms with Gasteiger partial charge in [-0.3, -0.25) is 4.79 Å². The van der Waals surface area contributed by atoms with Crippen molar-refractivity contribution in [3.05, 3.63) is 53.2 Å². The fourth-order valence-corrected chi connectivity index (χ4v) is 3.00. The van der Waals surface area contributed by atoms with E-state index in [1.165, 1.54) is 0 Å². The van der Waals surface area contributed by atoms with Gasteiger partial charge in [0.25, 0.3) is 5.91 Å². The molecule has 3 rings (SSSR count). The molecule has 2 aromatic rings. The SMILES string of the molecule is CCOC(=O)N1CCN(C(=O)c2ccnc(Nc3ccccc3Cl)c2)CC1. The van der Waals surface area contributed by atoms with Gasteiger partial charge in [0.1, 0.15) is 5.82 Å². The smallest absolute Gasteiger partial charge is 0.409 e. The normalized spacial score (nSPS) is 14.0. The number of aromatic nitrogens is 1. The van der Waals surface area contributed by atoms with Crippen molar-refractivity contribution in [2.75, 3.05) is 38.1 Å². The molecular formula is C19H21ClN4O3. The summed E-state index contributed by atoms with van der Waals surface area (Å²) in [4.78, 5) is 32.1. The van der Waals surface area contributed by atoms with Gasteiger partial charge in [-0.15, -0.1) is 0 Å². The van der Waals surface area contributed by atoms with Gasteiger partial charge < -0.3 is 19.9 Å². The van der Waals surface area contributed by atoms with Crippen molar-refractivity contribution in [1.29, 1.82) is 0 Å². The number of pyridine rings is 1. The summed E-state index contributed by atoms with van der Waals surface area (Å²) < 4.78 is 5.00. The number of hydrogen-bond acceptors (Lipinski definition) is 5. The Morgan fingerprint density at radius 1 is 1.15 bits per heavy atom. The molecule has 1 aliphatic heterocycles. The molecule has 0 unspecified atom stereocenters. The van der Waals surface area contributed by atoms with E-state index in [0.29, 0.717) is 49.2 Å². The fraction of sp³-hybridized carbons (Fsp3) is 0.316. The number of piperazine rings is 1. The maximum Gasteiger partial charge on any atom is 0.409 e. The van der Waals surface area contributed by atoms with Crippen LogP contribution in [-0.4, -0.2) is 59.6 Å². The van der Waals surface area contributed by atoms with Gasteiger partial charge in [0.15, 0.2) is 0 Å². The number of rotatable bonds is 4. The van der Waals surface area contributed by atoms with Crippen LogP contribution in [0.5, 0.6) is 0 Å². The number of benzene rings is 1. The first-order valence-electron chi connectivity index (χ1n) is 8.77. The van der Waals surface area contributed by atoms with E-state index in [4.69, 9.17) is 16.3 Å². The van der Waals surface area contributed by atoms with Crippen molar-refractivity contribution < 1.29 is 14.3 Å². The van der Waals surface area contributed by atoms with Crippen molar-refractivity contribution in [2.45, 2.75) is 6.92 Å². The highest BCUT2D eigenvalue weighted by atomic mass is 35.5. The number of carbonyl (C=O) groups excluding carboxylic acids is 2. The lowest BCUT2D eigenvalue weighted by Gasteiger charge is -2.34. The average molecular weight is 389 g/mol. The molecule has 0 aliphatic carbocycles. The number of carbonyl (C=O) groups is 2. The van der Waals surface area contributed by atoms with E-state index in [0.717, 1.165) is 5.69 Å². The summed E-state index contributed by atoms with van der Waals surface area (Å²) in [6, 6.07) is 10.7. The van der Waals surface area contributed by atoms with Crippen molar-refractivity contribution in [2.24, 2.45) is 0 Å². The van der Waals surface area contributed by atoms with E-state index >= 15 is 0 Å². The van der Waals surface area contributed by atoms with Crippen LogP contribution in [0.15, 0.2) is 42.6 Å². The molecule has 1 aromatic carbocycles. The van der Waals surface area contributed by atoms with Crippen LogP contribution in [0.3, 0.4) is 0 Å². The van der Waals surface area contributed by atoms with Gasteiger partial charge in [0.05, 0.1) is 17.3 Å². The predicted octanol–water partition coefficient (Wildman–Crippen LogP) is 3.39. The quantitative estimate of drug-likeness (QED) is 0.868. The van der Waals surface area contributed by atoms with E-state index in [-0.39, 0.29) is 12.0 Å². The summed E-state index contributed by atoms with van der Waals surface area (Å²) in [5, 5.41) is 3.70. The molecule has 1 fully saturated rings. The summed E-state index contributed by atoms with van der Waals surface area (Å²) >= 11 is 6.15. The van der Waals surface area contributed by atoms with Gasteiger partial charge in [-0.25, -0.2) is 9.78 Å². The van der Waals surface area contributed by atoms with Crippen LogP contribution in [0.1, 0.15) is 17.3 Å². The van der Waals surface area contributed by atoms with Crippen LogP contribution in [0, 0.1) is 0 Å². The minimum absolute atomic E-state index is 0.0943. The third-order valence-corrected chi connectivity index (χ3v) is 4.57. The minimum atomic E-state index is -0.334. The molecule has 1 aliphatic rings. The van der Waals surface area contributed by atoms with E-state index in [1.54, 1.807) is 41.1 Å². The second kappa shape index (κ2) is 8.73. The van der Waals surface area contributed by atoms with Gasteiger partial charge in [0, 0.05) is 37.9 Å². The summed E-state index contributed by atoms with van der Waals surface area (Å²) in [7, 11) is 0. The average Bonchev–Trinajstić information content (AvgIpc) is 2.70. The zero-order chi connectivity index (χ0) is 19.2. The third-order valence-electron chi connectivity index (χ3n) is 4.24. The maximum atomic E-state index is 12.8. The predicted molar refractivity (Wildman–Crippen MR) is 103 cm³/mol. The molecular weight excluding hydrogens is 368 g/mol. The number of ether oxygens (including phenoxy) is 1. The lowest BCUT2D eigenvalue weighted by atomic mass is 10.2. The summed E-state index contributed by atoms with van der Waals surface area (Å²) in [6.07, 6.45) is 1.25. The van der Waals surface area contributed by atoms with Crippen molar-refractivity contribution in [1.82, 2.24) is 14.8 Å². The third kappa shape index (κ3) is 4.68. The minimum Gasteiger partial charge on any atom is -0.450 e. The van der Waals surface area contributed by atoms with Crippen molar-refractivity contribution in [3.8, 4) is 0 Å². The zero-order valence-corrected chi connectivity index (χ0v) is 15.8. The van der Waals surface area contributed by atoms with Crippen LogP contribution in [0.2, 0.25) is 5.02 Å². The number of para-hydroxylation sites is 1. The summed E-state index contributed by atoms with van der Waals surface area (Å²) in [5.74, 6) is 0.447. The molecule has 2 amide bonds. The molecule has 1 aromatic heterocycles. The number of nitrogens with one attached hydrogen (secondary N) is 1. The van der Waals surface area contributed by atoms with Crippen LogP contribution >= 0.6 is 11.6 Å². The fourth-order valence-electron chi connectivity index (χ4n) is 2.82. The molecule has 7 nitrogen and oxygen atoms in total. The Morgan fingerprint density at radius 2 is 1.85 bits per heavy atom. The first-order chi connectivity index (χ1) is 13.1. The van der Waals surface area contributed by atoms with Gasteiger partial charge in [-0.1, -0.05) is 23.7 Å². The van der Waals surface area contributed by atoms with E-state index < -0.39 is 0 Å². The van der Waals surface area contributed by atoms with Crippen molar-refractivity contribution >= 4 is 35.1 Å². The summed E-state index contributed by atoms with van der Waals surface area (Å²) in [6.45, 7) is 3.97. The second-order valence-electron chi connectivity index (χ2n) is 6.01. The largest absolute Gasteiger partial charge is 0.450 e. The highest BCUT2D eigenvalue weighted by molar-refractivity contribution is 6.33. The molecule has 1 N–H and O–H groups in total. The summed E-state index contributed by atoms with van der Waals surface area (Å²) in [5.41, 5.74) is 1.25. The molecule has 0 atom stereocenters. The Bertz CT molecular complexity index is 822. The van der Waals surface area contributed by atoms with Crippen molar-refractivity contribution in [3.63, 3.8) is 0 Å². The van der Waals surface area contributed by atoms with Crippen LogP contribution in [0.4, 0.5) is 16.3 Å². The molecule has 0 radical (unpaired) electrons. The topological polar surface area (TPSA) is 74.8 Å². The number of anilines is 2. The van der Waals surface area contributed by atoms with Crippen LogP contribution < -0.4 is 5.32 Å². The highest BCUT2D eigenvalue weighted by Crippen LogP contribution is 2.24. The molecule has 0 spiro atoms. The Labute approximate surface area is 162 Å². The van der Waals surface area contributed by atoms with Crippen LogP contribution in [-0.2, 0) is 4.74 Å². The molecule has 2 heterocycles. The first-order valence-corrected chi connectivity index (χ1v) is 9.15. The number of hydrogen-bond donors (Lipinski definition) is 1. The molecule has 0 bridgehead atoms. The molecule has 142 valence electrons. The lowest BCUT2D eigenvalue weighted by Crippen LogP contribution is -2.50.